The third kappa shape index (κ3) is 3.09. The van der Waals surface area contributed by atoms with Gasteiger partial charge in [0.05, 0.1) is 0 Å². The highest BCUT2D eigenvalue weighted by Crippen LogP contribution is 2.22. The van der Waals surface area contributed by atoms with E-state index in [-0.39, 0.29) is 0 Å². The molecule has 0 saturated heterocycles. The van der Waals surface area contributed by atoms with Crippen LogP contribution in [-0.2, 0) is 6.42 Å². The summed E-state index contributed by atoms with van der Waals surface area (Å²) < 4.78 is 4.06. The average Bonchev–Trinajstić information content (AvgIpc) is 2.01. The maximum Gasteiger partial charge on any atom is 0.0274 e. The monoisotopic (exact) mass is 511 g/mol. The minimum atomic E-state index is 1.03. The first-order chi connectivity index (χ1) is 5.65. The van der Waals surface area contributed by atoms with Crippen LogP contribution in [0.25, 0.3) is 0 Å². The van der Waals surface area contributed by atoms with Crippen molar-refractivity contribution in [2.75, 3.05) is 0 Å². The minimum absolute atomic E-state index is 1.03. The Kier molecular flexibility index (Phi) is 5.36. The SMILES string of the molecule is [Si]CCc1cc(I)c(I)cc1I. The van der Waals surface area contributed by atoms with E-state index in [9.17, 15) is 0 Å². The predicted octanol–water partition coefficient (Wildman–Crippen LogP) is 3.63. The topological polar surface area (TPSA) is 0 Å². The molecular weight excluding hydrogens is 505 g/mol. The Morgan fingerprint density at radius 2 is 1.58 bits per heavy atom. The van der Waals surface area contributed by atoms with Crippen molar-refractivity contribution in [3.8, 4) is 0 Å². The molecule has 1 aromatic rings. The maximum absolute atomic E-state index is 3.50. The van der Waals surface area contributed by atoms with E-state index in [0.29, 0.717) is 0 Å². The highest BCUT2D eigenvalue weighted by atomic mass is 127. The Balaban J connectivity index is 3.05. The van der Waals surface area contributed by atoms with Gasteiger partial charge in [0, 0.05) is 21.0 Å². The molecule has 0 aliphatic heterocycles. The molecule has 1 aromatic carbocycles. The summed E-state index contributed by atoms with van der Waals surface area (Å²) in [6, 6.07) is 5.54. The van der Waals surface area contributed by atoms with Crippen molar-refractivity contribution >= 4 is 78.0 Å². The molecule has 0 amide bonds. The molecule has 0 fully saturated rings. The van der Waals surface area contributed by atoms with Gasteiger partial charge in [0.2, 0.25) is 0 Å². The first-order valence-electron chi connectivity index (χ1n) is 3.43. The lowest BCUT2D eigenvalue weighted by Crippen LogP contribution is -1.92. The lowest BCUT2D eigenvalue weighted by Gasteiger charge is -2.05. The molecule has 0 saturated carbocycles. The van der Waals surface area contributed by atoms with E-state index in [1.165, 1.54) is 16.3 Å². The minimum Gasteiger partial charge on any atom is -0.0597 e. The van der Waals surface area contributed by atoms with E-state index in [2.05, 4.69) is 90.1 Å². The standard InChI is InChI=1S/C8H6I3Si/c9-6-4-8(11)7(10)3-5(6)1-2-12/h3-4H,1-2H2. The van der Waals surface area contributed by atoms with Crippen molar-refractivity contribution in [1.29, 1.82) is 0 Å². The van der Waals surface area contributed by atoms with Gasteiger partial charge in [-0.15, -0.1) is 0 Å². The number of aryl methyl sites for hydroxylation is 1. The van der Waals surface area contributed by atoms with Crippen molar-refractivity contribution in [1.82, 2.24) is 0 Å². The van der Waals surface area contributed by atoms with Crippen LogP contribution in [0.2, 0.25) is 6.04 Å². The first kappa shape index (κ1) is 11.7. The fourth-order valence-corrected chi connectivity index (χ4v) is 3.49. The largest absolute Gasteiger partial charge is 0.0597 e. The third-order valence-electron chi connectivity index (χ3n) is 1.48. The van der Waals surface area contributed by atoms with E-state index in [1.807, 2.05) is 0 Å². The Morgan fingerprint density at radius 1 is 1.00 bits per heavy atom. The van der Waals surface area contributed by atoms with Gasteiger partial charge >= 0.3 is 0 Å². The van der Waals surface area contributed by atoms with Gasteiger partial charge in [-0.25, -0.2) is 0 Å². The van der Waals surface area contributed by atoms with Crippen molar-refractivity contribution in [3.63, 3.8) is 0 Å². The highest BCUT2D eigenvalue weighted by molar-refractivity contribution is 14.1. The molecule has 12 heavy (non-hydrogen) atoms. The summed E-state index contributed by atoms with van der Waals surface area (Å²) in [5.74, 6) is 0. The molecular formula is C8H6I3Si. The molecule has 0 aliphatic carbocycles. The van der Waals surface area contributed by atoms with Gasteiger partial charge in [-0.05, 0) is 91.9 Å². The number of benzene rings is 1. The second-order valence-corrected chi connectivity index (χ2v) is 6.34. The summed E-state index contributed by atoms with van der Waals surface area (Å²) in [4.78, 5) is 0. The van der Waals surface area contributed by atoms with Crippen LogP contribution in [0.15, 0.2) is 12.1 Å². The molecule has 0 nitrogen and oxygen atoms in total. The summed E-state index contributed by atoms with van der Waals surface area (Å²) in [5, 5.41) is 0. The second-order valence-electron chi connectivity index (χ2n) is 2.36. The number of rotatable bonds is 2. The lowest BCUT2D eigenvalue weighted by atomic mass is 10.2. The third-order valence-corrected chi connectivity index (χ3v) is 5.55. The van der Waals surface area contributed by atoms with E-state index in [0.717, 1.165) is 12.5 Å². The summed E-state index contributed by atoms with van der Waals surface area (Å²) in [7, 11) is 3.50. The first-order valence-corrected chi connectivity index (χ1v) is 7.37. The van der Waals surface area contributed by atoms with Crippen LogP contribution in [0, 0.1) is 10.7 Å². The van der Waals surface area contributed by atoms with E-state index in [4.69, 9.17) is 0 Å². The molecule has 4 heteroatoms. The number of halogens is 3. The molecule has 63 valence electrons. The van der Waals surface area contributed by atoms with Gasteiger partial charge in [0.25, 0.3) is 0 Å². The molecule has 1 rings (SSSR count). The highest BCUT2D eigenvalue weighted by Gasteiger charge is 2.03. The van der Waals surface area contributed by atoms with Crippen LogP contribution in [0.3, 0.4) is 0 Å². The zero-order valence-corrected chi connectivity index (χ0v) is 13.7. The van der Waals surface area contributed by atoms with Crippen molar-refractivity contribution < 1.29 is 0 Å². The molecule has 0 spiro atoms. The summed E-state index contributed by atoms with van der Waals surface area (Å²) in [6.45, 7) is 0. The summed E-state index contributed by atoms with van der Waals surface area (Å²) in [5.41, 5.74) is 1.44. The zero-order valence-electron chi connectivity index (χ0n) is 6.20. The van der Waals surface area contributed by atoms with Crippen molar-refractivity contribution in [3.05, 3.63) is 28.4 Å². The molecule has 0 aromatic heterocycles. The smallest absolute Gasteiger partial charge is 0.0274 e. The molecule has 0 bridgehead atoms. The molecule has 0 N–H and O–H groups in total. The van der Waals surface area contributed by atoms with E-state index in [1.54, 1.807) is 0 Å². The van der Waals surface area contributed by atoms with E-state index < -0.39 is 0 Å². The molecule has 3 radical (unpaired) electrons. The Bertz CT molecular complexity index is 286. The zero-order chi connectivity index (χ0) is 9.14. The molecule has 0 unspecified atom stereocenters. The molecule has 0 atom stereocenters. The average molecular weight is 511 g/mol. The predicted molar refractivity (Wildman–Crippen MR) is 78.9 cm³/mol. The van der Waals surface area contributed by atoms with Crippen LogP contribution in [0.1, 0.15) is 5.56 Å². The van der Waals surface area contributed by atoms with Crippen LogP contribution < -0.4 is 0 Å². The Morgan fingerprint density at radius 3 is 2.17 bits per heavy atom. The van der Waals surface area contributed by atoms with Gasteiger partial charge in [-0.2, -0.15) is 0 Å². The Hall–Kier alpha value is 1.63. The summed E-state index contributed by atoms with van der Waals surface area (Å²) >= 11 is 7.15. The van der Waals surface area contributed by atoms with Crippen LogP contribution in [0.5, 0.6) is 0 Å². The quantitative estimate of drug-likeness (QED) is 0.324. The van der Waals surface area contributed by atoms with Gasteiger partial charge in [-0.1, -0.05) is 6.04 Å². The van der Waals surface area contributed by atoms with Crippen LogP contribution in [0.4, 0.5) is 0 Å². The lowest BCUT2D eigenvalue weighted by molar-refractivity contribution is 1.11. The van der Waals surface area contributed by atoms with Gasteiger partial charge in [-0.3, -0.25) is 0 Å². The fraction of sp³-hybridized carbons (Fsp3) is 0.250. The molecule has 0 aliphatic rings. The summed E-state index contributed by atoms with van der Waals surface area (Å²) in [6.07, 6.45) is 1.11. The normalized spacial score (nSPS) is 10.3. The van der Waals surface area contributed by atoms with E-state index >= 15 is 0 Å². The number of hydrogen-bond donors (Lipinski definition) is 0. The Labute approximate surface area is 117 Å². The second kappa shape index (κ2) is 5.49. The fourth-order valence-electron chi connectivity index (χ4n) is 0.890. The van der Waals surface area contributed by atoms with Crippen molar-refractivity contribution in [2.24, 2.45) is 0 Å². The number of hydrogen-bond acceptors (Lipinski definition) is 0. The van der Waals surface area contributed by atoms with Crippen molar-refractivity contribution in [2.45, 2.75) is 12.5 Å². The maximum atomic E-state index is 3.50. The van der Waals surface area contributed by atoms with Gasteiger partial charge < -0.3 is 0 Å². The molecule has 0 heterocycles. The van der Waals surface area contributed by atoms with Crippen LogP contribution in [-0.4, -0.2) is 10.2 Å². The van der Waals surface area contributed by atoms with Crippen LogP contribution >= 0.6 is 67.8 Å². The van der Waals surface area contributed by atoms with Gasteiger partial charge in [0.15, 0.2) is 0 Å². The van der Waals surface area contributed by atoms with Gasteiger partial charge in [0.1, 0.15) is 0 Å².